The summed E-state index contributed by atoms with van der Waals surface area (Å²) in [4.78, 5) is 12.2. The van der Waals surface area contributed by atoms with E-state index < -0.39 is 0 Å². The summed E-state index contributed by atoms with van der Waals surface area (Å²) in [6, 6.07) is 14.9. The Balaban J connectivity index is 1.76. The molecule has 2 aromatic rings. The van der Waals surface area contributed by atoms with Crippen molar-refractivity contribution in [3.8, 4) is 5.75 Å². The summed E-state index contributed by atoms with van der Waals surface area (Å²) in [6.45, 7) is 3.24. The van der Waals surface area contributed by atoms with E-state index in [0.717, 1.165) is 12.2 Å². The van der Waals surface area contributed by atoms with Crippen LogP contribution in [0.25, 0.3) is 0 Å². The van der Waals surface area contributed by atoms with E-state index in [9.17, 15) is 4.79 Å². The molecular weight excluding hydrogens is 266 g/mol. The third-order valence-corrected chi connectivity index (χ3v) is 3.25. The van der Waals surface area contributed by atoms with E-state index in [2.05, 4.69) is 5.32 Å². The topological polar surface area (TPSA) is 50.9 Å². The maximum atomic E-state index is 12.2. The number of anilines is 1. The van der Waals surface area contributed by atoms with Gasteiger partial charge in [0.05, 0.1) is 12.3 Å². The number of epoxide rings is 1. The minimum Gasteiger partial charge on any atom is -0.489 e. The Morgan fingerprint density at radius 2 is 2.05 bits per heavy atom. The first-order valence-electron chi connectivity index (χ1n) is 6.94. The first-order valence-corrected chi connectivity index (χ1v) is 6.94. The van der Waals surface area contributed by atoms with Crippen LogP contribution in [0.5, 0.6) is 5.75 Å². The van der Waals surface area contributed by atoms with Crippen LogP contribution < -0.4 is 10.1 Å². The molecule has 1 unspecified atom stereocenters. The van der Waals surface area contributed by atoms with Crippen LogP contribution in [0.4, 0.5) is 5.69 Å². The van der Waals surface area contributed by atoms with E-state index in [0.29, 0.717) is 23.6 Å². The highest BCUT2D eigenvalue weighted by molar-refractivity contribution is 6.05. The molecule has 2 aromatic carbocycles. The number of carbonyl (C=O) groups is 1. The summed E-state index contributed by atoms with van der Waals surface area (Å²) in [6.07, 6.45) is 0.184. The SMILES string of the molecule is Cc1ccc(OCC2CO2)c(NC(=O)c2ccccc2)c1. The number of aryl methyl sites for hydroxylation is 1. The van der Waals surface area contributed by atoms with Crippen molar-refractivity contribution in [2.75, 3.05) is 18.5 Å². The van der Waals surface area contributed by atoms with Crippen molar-refractivity contribution in [3.05, 3.63) is 59.7 Å². The Kier molecular flexibility index (Phi) is 3.88. The van der Waals surface area contributed by atoms with E-state index in [1.807, 2.05) is 43.3 Å². The summed E-state index contributed by atoms with van der Waals surface area (Å²) in [5.74, 6) is 0.522. The van der Waals surface area contributed by atoms with Gasteiger partial charge in [-0.2, -0.15) is 0 Å². The van der Waals surface area contributed by atoms with Crippen molar-refractivity contribution in [1.29, 1.82) is 0 Å². The summed E-state index contributed by atoms with van der Waals surface area (Å²) in [5.41, 5.74) is 2.37. The van der Waals surface area contributed by atoms with Gasteiger partial charge in [0.1, 0.15) is 18.5 Å². The van der Waals surface area contributed by atoms with Crippen molar-refractivity contribution in [3.63, 3.8) is 0 Å². The van der Waals surface area contributed by atoms with Gasteiger partial charge < -0.3 is 14.8 Å². The second-order valence-corrected chi connectivity index (χ2v) is 5.09. The molecule has 1 N–H and O–H groups in total. The quantitative estimate of drug-likeness (QED) is 0.858. The molecule has 1 saturated heterocycles. The third-order valence-electron chi connectivity index (χ3n) is 3.25. The zero-order chi connectivity index (χ0) is 14.7. The monoisotopic (exact) mass is 283 g/mol. The molecule has 0 aromatic heterocycles. The summed E-state index contributed by atoms with van der Waals surface area (Å²) in [5, 5.41) is 2.91. The molecule has 1 atom stereocenters. The van der Waals surface area contributed by atoms with Crippen LogP contribution in [-0.2, 0) is 4.74 Å². The number of rotatable bonds is 5. The number of nitrogens with one attached hydrogen (secondary N) is 1. The maximum absolute atomic E-state index is 12.2. The van der Waals surface area contributed by atoms with Gasteiger partial charge in [0.25, 0.3) is 5.91 Å². The molecule has 0 aliphatic carbocycles. The van der Waals surface area contributed by atoms with Gasteiger partial charge in [-0.1, -0.05) is 24.3 Å². The lowest BCUT2D eigenvalue weighted by Gasteiger charge is -2.13. The number of carbonyl (C=O) groups excluding carboxylic acids is 1. The zero-order valence-corrected chi connectivity index (χ0v) is 11.8. The van der Waals surface area contributed by atoms with Gasteiger partial charge in [-0.25, -0.2) is 0 Å². The lowest BCUT2D eigenvalue weighted by molar-refractivity contribution is 0.102. The number of hydrogen-bond donors (Lipinski definition) is 1. The fourth-order valence-corrected chi connectivity index (χ4v) is 2.00. The Hall–Kier alpha value is -2.33. The molecule has 0 bridgehead atoms. The summed E-state index contributed by atoms with van der Waals surface area (Å²) >= 11 is 0. The Morgan fingerprint density at radius 3 is 2.76 bits per heavy atom. The lowest BCUT2D eigenvalue weighted by atomic mass is 10.1. The molecule has 4 heteroatoms. The fraction of sp³-hybridized carbons (Fsp3) is 0.235. The largest absolute Gasteiger partial charge is 0.489 e. The normalized spacial score (nSPS) is 16.3. The Labute approximate surface area is 123 Å². The molecular formula is C17H17NO3. The van der Waals surface area contributed by atoms with Gasteiger partial charge in [0.2, 0.25) is 0 Å². The highest BCUT2D eigenvalue weighted by Crippen LogP contribution is 2.27. The number of ether oxygens (including phenoxy) is 2. The van der Waals surface area contributed by atoms with Gasteiger partial charge in [0, 0.05) is 5.56 Å². The Bertz CT molecular complexity index is 636. The van der Waals surface area contributed by atoms with Crippen molar-refractivity contribution in [2.45, 2.75) is 13.0 Å². The van der Waals surface area contributed by atoms with Gasteiger partial charge in [0.15, 0.2) is 0 Å². The van der Waals surface area contributed by atoms with E-state index in [1.165, 1.54) is 0 Å². The molecule has 3 rings (SSSR count). The van der Waals surface area contributed by atoms with Crippen LogP contribution in [-0.4, -0.2) is 25.2 Å². The molecule has 0 radical (unpaired) electrons. The molecule has 108 valence electrons. The first kappa shape index (κ1) is 13.6. The van der Waals surface area contributed by atoms with Crippen LogP contribution in [0, 0.1) is 6.92 Å². The average molecular weight is 283 g/mol. The minimum absolute atomic E-state index is 0.145. The molecule has 1 aliphatic rings. The molecule has 0 saturated carbocycles. The van der Waals surface area contributed by atoms with Crippen LogP contribution in [0.15, 0.2) is 48.5 Å². The number of benzene rings is 2. The van der Waals surface area contributed by atoms with Crippen LogP contribution in [0.3, 0.4) is 0 Å². The van der Waals surface area contributed by atoms with Crippen LogP contribution in [0.2, 0.25) is 0 Å². The summed E-state index contributed by atoms with van der Waals surface area (Å²) < 4.78 is 10.8. The fourth-order valence-electron chi connectivity index (χ4n) is 2.00. The molecule has 1 heterocycles. The molecule has 4 nitrogen and oxygen atoms in total. The number of amides is 1. The van der Waals surface area contributed by atoms with E-state index in [1.54, 1.807) is 12.1 Å². The molecule has 1 aliphatic heterocycles. The van der Waals surface area contributed by atoms with Crippen LogP contribution >= 0.6 is 0 Å². The van der Waals surface area contributed by atoms with Crippen molar-refractivity contribution >= 4 is 11.6 Å². The van der Waals surface area contributed by atoms with Gasteiger partial charge >= 0.3 is 0 Å². The molecule has 1 amide bonds. The smallest absolute Gasteiger partial charge is 0.255 e. The highest BCUT2D eigenvalue weighted by atomic mass is 16.6. The van der Waals surface area contributed by atoms with Crippen LogP contribution in [0.1, 0.15) is 15.9 Å². The second-order valence-electron chi connectivity index (χ2n) is 5.09. The highest BCUT2D eigenvalue weighted by Gasteiger charge is 2.23. The maximum Gasteiger partial charge on any atom is 0.255 e. The van der Waals surface area contributed by atoms with E-state index in [-0.39, 0.29) is 12.0 Å². The Morgan fingerprint density at radius 1 is 1.29 bits per heavy atom. The molecule has 21 heavy (non-hydrogen) atoms. The predicted molar refractivity (Wildman–Crippen MR) is 80.8 cm³/mol. The summed E-state index contributed by atoms with van der Waals surface area (Å²) in [7, 11) is 0. The molecule has 1 fully saturated rings. The second kappa shape index (κ2) is 5.97. The van der Waals surface area contributed by atoms with E-state index >= 15 is 0 Å². The zero-order valence-electron chi connectivity index (χ0n) is 11.8. The van der Waals surface area contributed by atoms with Gasteiger partial charge in [-0.3, -0.25) is 4.79 Å². The van der Waals surface area contributed by atoms with Gasteiger partial charge in [-0.05, 0) is 36.8 Å². The third kappa shape index (κ3) is 3.61. The predicted octanol–water partition coefficient (Wildman–Crippen LogP) is 3.02. The standard InChI is InChI=1S/C17H17NO3/c1-12-7-8-16(21-11-14-10-20-14)15(9-12)18-17(19)13-5-3-2-4-6-13/h2-9,14H,10-11H2,1H3,(H,18,19). The van der Waals surface area contributed by atoms with Crippen molar-refractivity contribution < 1.29 is 14.3 Å². The van der Waals surface area contributed by atoms with Crippen molar-refractivity contribution in [2.24, 2.45) is 0 Å². The van der Waals surface area contributed by atoms with E-state index in [4.69, 9.17) is 9.47 Å². The number of hydrogen-bond acceptors (Lipinski definition) is 3. The first-order chi connectivity index (χ1) is 10.2. The van der Waals surface area contributed by atoms with Crippen molar-refractivity contribution in [1.82, 2.24) is 0 Å². The minimum atomic E-state index is -0.145. The van der Waals surface area contributed by atoms with Gasteiger partial charge in [-0.15, -0.1) is 0 Å². The molecule has 0 spiro atoms. The lowest BCUT2D eigenvalue weighted by Crippen LogP contribution is -2.14. The average Bonchev–Trinajstić information content (AvgIpc) is 3.31.